The average Bonchev–Trinajstić information content (AvgIpc) is 3.73. The highest BCUT2D eigenvalue weighted by atomic mass is 16.7. The van der Waals surface area contributed by atoms with E-state index >= 15 is 0 Å². The molecule has 0 aliphatic carbocycles. The number of aliphatic hydroxyl groups is 1. The number of aliphatic hydroxyl groups excluding tert-OH is 1. The molecule has 5 aromatic rings. The number of carbonyl (C=O) groups excluding carboxylic acids is 1. The van der Waals surface area contributed by atoms with Crippen molar-refractivity contribution in [3.63, 3.8) is 0 Å². The highest BCUT2D eigenvalue weighted by Crippen LogP contribution is 2.38. The van der Waals surface area contributed by atoms with Crippen LogP contribution in [0.2, 0.25) is 0 Å². The Morgan fingerprint density at radius 1 is 0.896 bits per heavy atom. The van der Waals surface area contributed by atoms with Gasteiger partial charge in [0, 0.05) is 18.5 Å². The highest BCUT2D eigenvalue weighted by Gasteiger charge is 2.33. The standard InChI is InChI=1S/C37H32N2O9/c1-22(27(26-15-16-31-32(18-26)47-21-46-31)9-6-12-33-38-29-10-4-5-11-30(29)48-33)39(36(43)35(42)28(37(44)45)19-34(40)41)20-23-13-14-24-7-2-3-8-25(24)17-23/h2-8,10-18,22,27,42H,9,19-21H2,1H3,(H,40,41)(H,44,45)/b12-6+,35-28+/t22-,27+/m1/s1. The summed E-state index contributed by atoms with van der Waals surface area (Å²) < 4.78 is 17.0. The molecule has 1 aliphatic heterocycles. The Kier molecular flexibility index (Phi) is 9.11. The summed E-state index contributed by atoms with van der Waals surface area (Å²) in [5.41, 5.74) is 1.96. The molecule has 1 amide bonds. The predicted molar refractivity (Wildman–Crippen MR) is 176 cm³/mol. The third-order valence-corrected chi connectivity index (χ3v) is 8.36. The van der Waals surface area contributed by atoms with Gasteiger partial charge in [0.1, 0.15) is 5.52 Å². The van der Waals surface area contributed by atoms with E-state index in [4.69, 9.17) is 13.9 Å². The lowest BCUT2D eigenvalue weighted by Crippen LogP contribution is -2.43. The maximum absolute atomic E-state index is 14.1. The molecule has 0 spiro atoms. The topological polar surface area (TPSA) is 160 Å². The molecular weight excluding hydrogens is 616 g/mol. The maximum atomic E-state index is 14.1. The first-order chi connectivity index (χ1) is 23.2. The van der Waals surface area contributed by atoms with Gasteiger partial charge in [-0.05, 0) is 71.7 Å². The molecule has 0 saturated heterocycles. The van der Waals surface area contributed by atoms with Crippen LogP contribution in [0.25, 0.3) is 27.9 Å². The number of oxazole rings is 1. The predicted octanol–water partition coefficient (Wildman–Crippen LogP) is 6.69. The fraction of sp³-hybridized carbons (Fsp3) is 0.189. The minimum atomic E-state index is -1.70. The van der Waals surface area contributed by atoms with Gasteiger partial charge in [-0.15, -0.1) is 0 Å². The normalized spacial score (nSPS) is 14.2. The van der Waals surface area contributed by atoms with E-state index < -0.39 is 47.6 Å². The number of hydrogen-bond acceptors (Lipinski definition) is 8. The Morgan fingerprint density at radius 2 is 1.65 bits per heavy atom. The number of nitrogens with zero attached hydrogens (tertiary/aromatic N) is 2. The molecule has 0 fully saturated rings. The molecule has 4 aromatic carbocycles. The number of hydrogen-bond donors (Lipinski definition) is 3. The first-order valence-electron chi connectivity index (χ1n) is 15.3. The molecule has 1 aromatic heterocycles. The van der Waals surface area contributed by atoms with Gasteiger partial charge in [0.05, 0.1) is 12.0 Å². The number of fused-ring (bicyclic) bond motifs is 3. The van der Waals surface area contributed by atoms with Crippen molar-refractivity contribution < 1.29 is 43.6 Å². The minimum Gasteiger partial charge on any atom is -0.503 e. The second-order valence-electron chi connectivity index (χ2n) is 11.4. The third kappa shape index (κ3) is 6.85. The second kappa shape index (κ2) is 13.7. The van der Waals surface area contributed by atoms with Crippen molar-refractivity contribution in [2.24, 2.45) is 0 Å². The monoisotopic (exact) mass is 648 g/mol. The van der Waals surface area contributed by atoms with Crippen LogP contribution in [0.5, 0.6) is 11.5 Å². The number of carboxylic acid groups (broad SMARTS) is 2. The molecule has 244 valence electrons. The molecule has 11 nitrogen and oxygen atoms in total. The molecule has 11 heteroatoms. The van der Waals surface area contributed by atoms with Gasteiger partial charge < -0.3 is 34.1 Å². The Balaban J connectivity index is 1.40. The largest absolute Gasteiger partial charge is 0.503 e. The number of amides is 1. The number of benzene rings is 4. The van der Waals surface area contributed by atoms with Crippen LogP contribution in [0, 0.1) is 0 Å². The molecule has 0 saturated carbocycles. The summed E-state index contributed by atoms with van der Waals surface area (Å²) in [5, 5.41) is 32.0. The summed E-state index contributed by atoms with van der Waals surface area (Å²) in [6, 6.07) is 25.6. The lowest BCUT2D eigenvalue weighted by Gasteiger charge is -2.35. The van der Waals surface area contributed by atoms with Gasteiger partial charge in [0.2, 0.25) is 12.7 Å². The molecule has 0 radical (unpaired) electrons. The van der Waals surface area contributed by atoms with Gasteiger partial charge in [-0.3, -0.25) is 9.59 Å². The van der Waals surface area contributed by atoms with E-state index in [1.165, 1.54) is 4.90 Å². The quantitative estimate of drug-likeness (QED) is 0.0983. The van der Waals surface area contributed by atoms with Crippen molar-refractivity contribution in [1.29, 1.82) is 0 Å². The summed E-state index contributed by atoms with van der Waals surface area (Å²) in [6.07, 6.45) is 2.95. The van der Waals surface area contributed by atoms with Crippen molar-refractivity contribution in [2.45, 2.75) is 38.3 Å². The van der Waals surface area contributed by atoms with Crippen LogP contribution in [-0.4, -0.2) is 55.9 Å². The lowest BCUT2D eigenvalue weighted by molar-refractivity contribution is -0.140. The average molecular weight is 649 g/mol. The first-order valence-corrected chi connectivity index (χ1v) is 15.3. The zero-order valence-corrected chi connectivity index (χ0v) is 25.9. The van der Waals surface area contributed by atoms with Gasteiger partial charge in [0.15, 0.2) is 22.8 Å². The van der Waals surface area contributed by atoms with Crippen molar-refractivity contribution in [3.8, 4) is 11.5 Å². The summed E-state index contributed by atoms with van der Waals surface area (Å²) in [4.78, 5) is 43.4. The van der Waals surface area contributed by atoms with E-state index in [0.29, 0.717) is 34.9 Å². The number of carboxylic acids is 2. The van der Waals surface area contributed by atoms with E-state index in [0.717, 1.165) is 21.9 Å². The van der Waals surface area contributed by atoms with E-state index in [-0.39, 0.29) is 13.3 Å². The molecule has 2 heterocycles. The van der Waals surface area contributed by atoms with Crippen molar-refractivity contribution in [2.75, 3.05) is 6.79 Å². The lowest BCUT2D eigenvalue weighted by atomic mass is 9.87. The number of para-hydroxylation sites is 2. The number of ether oxygens (including phenoxy) is 2. The van der Waals surface area contributed by atoms with Crippen LogP contribution in [-0.2, 0) is 20.9 Å². The van der Waals surface area contributed by atoms with Gasteiger partial charge in [-0.1, -0.05) is 60.7 Å². The van der Waals surface area contributed by atoms with Crippen LogP contribution < -0.4 is 9.47 Å². The number of carbonyl (C=O) groups is 3. The number of allylic oxidation sites excluding steroid dienone is 1. The maximum Gasteiger partial charge on any atom is 0.336 e. The van der Waals surface area contributed by atoms with Crippen LogP contribution in [0.4, 0.5) is 0 Å². The van der Waals surface area contributed by atoms with E-state index in [1.807, 2.05) is 84.9 Å². The van der Waals surface area contributed by atoms with Gasteiger partial charge in [0.25, 0.3) is 5.91 Å². The van der Waals surface area contributed by atoms with Crippen molar-refractivity contribution in [1.82, 2.24) is 9.88 Å². The number of aliphatic carboxylic acids is 2. The third-order valence-electron chi connectivity index (χ3n) is 8.36. The Morgan fingerprint density at radius 3 is 2.42 bits per heavy atom. The molecule has 6 rings (SSSR count). The smallest absolute Gasteiger partial charge is 0.336 e. The minimum absolute atomic E-state index is 0.00917. The van der Waals surface area contributed by atoms with Gasteiger partial charge >= 0.3 is 11.9 Å². The van der Waals surface area contributed by atoms with Crippen molar-refractivity contribution in [3.05, 3.63) is 119 Å². The van der Waals surface area contributed by atoms with Crippen molar-refractivity contribution >= 4 is 45.8 Å². The summed E-state index contributed by atoms with van der Waals surface area (Å²) in [6.45, 7) is 1.86. The van der Waals surface area contributed by atoms with Gasteiger partial charge in [-0.25, -0.2) is 9.78 Å². The fourth-order valence-corrected chi connectivity index (χ4v) is 5.86. The Bertz CT molecular complexity index is 2050. The molecule has 3 N–H and O–H groups in total. The van der Waals surface area contributed by atoms with Crippen LogP contribution >= 0.6 is 0 Å². The molecule has 0 unspecified atom stereocenters. The summed E-state index contributed by atoms with van der Waals surface area (Å²) >= 11 is 0. The molecule has 0 bridgehead atoms. The second-order valence-corrected chi connectivity index (χ2v) is 11.4. The zero-order valence-electron chi connectivity index (χ0n) is 25.9. The zero-order chi connectivity index (χ0) is 33.8. The molecule has 1 aliphatic rings. The Labute approximate surface area is 275 Å². The highest BCUT2D eigenvalue weighted by molar-refractivity contribution is 6.02. The number of rotatable bonds is 12. The number of aromatic nitrogens is 1. The van der Waals surface area contributed by atoms with E-state index in [1.54, 1.807) is 19.1 Å². The molecule has 2 atom stereocenters. The van der Waals surface area contributed by atoms with Crippen LogP contribution in [0.1, 0.15) is 42.7 Å². The summed E-state index contributed by atoms with van der Waals surface area (Å²) in [5.74, 6) is -4.25. The van der Waals surface area contributed by atoms with E-state index in [9.17, 15) is 29.7 Å². The van der Waals surface area contributed by atoms with Crippen LogP contribution in [0.15, 0.2) is 107 Å². The Hall–Kier alpha value is -6.10. The first kappa shape index (κ1) is 31.9. The fourth-order valence-electron chi connectivity index (χ4n) is 5.86. The van der Waals surface area contributed by atoms with E-state index in [2.05, 4.69) is 4.98 Å². The molecular formula is C37H32N2O9. The summed E-state index contributed by atoms with van der Waals surface area (Å²) in [7, 11) is 0. The van der Waals surface area contributed by atoms with Gasteiger partial charge in [-0.2, -0.15) is 0 Å². The SMILES string of the molecule is C[C@H]([C@H](C/C=C/c1nc2ccccc2o1)c1ccc2c(c1)OCO2)N(Cc1ccc2ccccc2c1)C(=O)/C(O)=C(/CC(=O)O)C(=O)O. The molecule has 48 heavy (non-hydrogen) atoms. The van der Waals surface area contributed by atoms with Crippen LogP contribution in [0.3, 0.4) is 0 Å².